The number of nitrogens with zero attached hydrogens (tertiary/aromatic N) is 1. The number of ether oxygens (including phenoxy) is 1. The fraction of sp³-hybridized carbons (Fsp3) is 0.242. The average molecular weight is 554 g/mol. The van der Waals surface area contributed by atoms with Crippen LogP contribution in [-0.2, 0) is 24.0 Å². The Hall–Kier alpha value is -4.16. The Kier molecular flexibility index (Phi) is 8.46. The second kappa shape index (κ2) is 12.3. The number of hydrogen-bond donors (Lipinski definition) is 2. The van der Waals surface area contributed by atoms with Crippen LogP contribution < -0.4 is 10.9 Å². The van der Waals surface area contributed by atoms with Gasteiger partial charge in [-0.05, 0) is 59.4 Å². The maximum Gasteiger partial charge on any atom is 0.426 e. The van der Waals surface area contributed by atoms with Crippen LogP contribution in [0.1, 0.15) is 52.0 Å². The third kappa shape index (κ3) is 6.02. The third-order valence-electron chi connectivity index (χ3n) is 7.49. The largest absolute Gasteiger partial charge is 0.447 e. The van der Waals surface area contributed by atoms with Gasteiger partial charge in [0, 0.05) is 17.2 Å². The number of carbonyl (C=O) groups excluding carboxylic acids is 2. The van der Waals surface area contributed by atoms with Gasteiger partial charge in [-0.25, -0.2) is 15.2 Å². The number of nitrogens with one attached hydrogen (secondary N) is 2. The van der Waals surface area contributed by atoms with Gasteiger partial charge in [0.1, 0.15) is 11.8 Å². The molecule has 2 aromatic carbocycles. The minimum atomic E-state index is -0.780. The van der Waals surface area contributed by atoms with Crippen LogP contribution in [0.4, 0.5) is 4.79 Å². The molecule has 2 amide bonds. The molecule has 0 fully saturated rings. The zero-order valence-corrected chi connectivity index (χ0v) is 23.2. The van der Waals surface area contributed by atoms with Crippen molar-refractivity contribution in [2.75, 3.05) is 6.61 Å². The molecule has 1 heterocycles. The Morgan fingerprint density at radius 3 is 2.67 bits per heavy atom. The van der Waals surface area contributed by atoms with Gasteiger partial charge in [-0.2, -0.15) is 0 Å². The summed E-state index contributed by atoms with van der Waals surface area (Å²) < 4.78 is 5.55. The molecule has 5 rings (SSSR count). The molecule has 6 nitrogen and oxygen atoms in total. The molecule has 0 spiro atoms. The highest BCUT2D eigenvalue weighted by Gasteiger charge is 2.28. The lowest BCUT2D eigenvalue weighted by molar-refractivity contribution is 0.0907. The number of hydrazine groups is 1. The quantitative estimate of drug-likeness (QED) is 0.272. The van der Waals surface area contributed by atoms with Crippen LogP contribution in [-0.4, -0.2) is 23.6 Å². The highest BCUT2D eigenvalue weighted by Crippen LogP contribution is 2.38. The summed E-state index contributed by atoms with van der Waals surface area (Å²) >= 11 is 6.59. The fourth-order valence-electron chi connectivity index (χ4n) is 5.42. The molecule has 2 N–H and O–H groups in total. The second-order valence-corrected chi connectivity index (χ2v) is 10.6. The Labute approximate surface area is 239 Å². The Morgan fingerprint density at radius 2 is 1.85 bits per heavy atom. The molecule has 1 aromatic heterocycles. The molecule has 0 aliphatic heterocycles. The molecule has 0 radical (unpaired) electrons. The molecule has 3 aromatic rings. The molecule has 7 heteroatoms. The first-order valence-electron chi connectivity index (χ1n) is 13.5. The standard InChI is InChI=1S/C33H32ClN3O3/c1-21-17-18-28-26(19-21)29(24-14-7-4-8-15-24)30(31(34)35-28)32(38)36-37-33(39)40-20-27-22(2)11-5-3-6-12-23-13-9-10-16-25(23)27/h3-11,13-16,21,27H,2,12,17-20H2,1H3,(H,36,38)(H,37,39)/b6-3-,11-5-. The minimum Gasteiger partial charge on any atom is -0.447 e. The Balaban J connectivity index is 1.32. The van der Waals surface area contributed by atoms with E-state index in [1.54, 1.807) is 0 Å². The molecule has 204 valence electrons. The first kappa shape index (κ1) is 27.4. The number of aromatic nitrogens is 1. The molecular formula is C33H32ClN3O3. The van der Waals surface area contributed by atoms with E-state index < -0.39 is 12.0 Å². The number of rotatable bonds is 4. The summed E-state index contributed by atoms with van der Waals surface area (Å²) in [7, 11) is 0. The predicted molar refractivity (Wildman–Crippen MR) is 158 cm³/mol. The van der Waals surface area contributed by atoms with Crippen LogP contribution in [0.3, 0.4) is 0 Å². The molecule has 0 bridgehead atoms. The SMILES string of the molecule is C=C1/C=C\C=C/Cc2ccccc2C1COC(=O)NNC(=O)c1c(Cl)nc2c(c1-c1ccccc1)CC(C)CC2. The predicted octanol–water partition coefficient (Wildman–Crippen LogP) is 6.91. The number of allylic oxidation sites excluding steroid dienone is 4. The zero-order valence-electron chi connectivity index (χ0n) is 22.5. The number of benzene rings is 2. The average Bonchev–Trinajstić information content (AvgIpc) is 3.03. The maximum absolute atomic E-state index is 13.4. The molecular weight excluding hydrogens is 522 g/mol. The molecule has 0 saturated heterocycles. The number of fused-ring (bicyclic) bond motifs is 2. The third-order valence-corrected chi connectivity index (χ3v) is 7.76. The number of carbonyl (C=O) groups is 2. The van der Waals surface area contributed by atoms with Crippen LogP contribution in [0.25, 0.3) is 11.1 Å². The summed E-state index contributed by atoms with van der Waals surface area (Å²) in [6.45, 7) is 6.46. The van der Waals surface area contributed by atoms with E-state index in [0.29, 0.717) is 5.92 Å². The molecule has 2 aliphatic carbocycles. The van der Waals surface area contributed by atoms with Gasteiger partial charge < -0.3 is 4.74 Å². The van der Waals surface area contributed by atoms with Crippen molar-refractivity contribution in [3.05, 3.63) is 124 Å². The Bertz CT molecular complexity index is 1500. The van der Waals surface area contributed by atoms with Crippen molar-refractivity contribution in [3.63, 3.8) is 0 Å². The molecule has 40 heavy (non-hydrogen) atoms. The Morgan fingerprint density at radius 1 is 1.07 bits per heavy atom. The first-order chi connectivity index (χ1) is 19.4. The van der Waals surface area contributed by atoms with E-state index in [2.05, 4.69) is 41.5 Å². The first-order valence-corrected chi connectivity index (χ1v) is 13.9. The van der Waals surface area contributed by atoms with Gasteiger partial charge >= 0.3 is 6.09 Å². The van der Waals surface area contributed by atoms with Crippen molar-refractivity contribution in [1.82, 2.24) is 15.8 Å². The molecule has 2 aliphatic rings. The van der Waals surface area contributed by atoms with E-state index in [4.69, 9.17) is 16.3 Å². The van der Waals surface area contributed by atoms with E-state index in [1.165, 1.54) is 0 Å². The monoisotopic (exact) mass is 553 g/mol. The highest BCUT2D eigenvalue weighted by molar-refractivity contribution is 6.33. The molecule has 0 saturated carbocycles. The van der Waals surface area contributed by atoms with E-state index in [9.17, 15) is 9.59 Å². The lowest BCUT2D eigenvalue weighted by atomic mass is 9.82. The normalized spacial score (nSPS) is 19.6. The molecule has 2 atom stereocenters. The van der Waals surface area contributed by atoms with Gasteiger partial charge in [0.15, 0.2) is 0 Å². The molecule has 2 unspecified atom stereocenters. The smallest absolute Gasteiger partial charge is 0.426 e. The summed E-state index contributed by atoms with van der Waals surface area (Å²) in [5, 5.41) is 0.110. The summed E-state index contributed by atoms with van der Waals surface area (Å²) in [6, 6.07) is 17.7. The fourth-order valence-corrected chi connectivity index (χ4v) is 5.70. The highest BCUT2D eigenvalue weighted by atomic mass is 35.5. The van der Waals surface area contributed by atoms with Gasteiger partial charge in [-0.15, -0.1) is 0 Å². The number of halogens is 1. The van der Waals surface area contributed by atoms with Crippen molar-refractivity contribution in [2.45, 2.75) is 38.5 Å². The van der Waals surface area contributed by atoms with E-state index in [0.717, 1.165) is 64.8 Å². The van der Waals surface area contributed by atoms with Gasteiger partial charge in [0.05, 0.1) is 5.56 Å². The van der Waals surface area contributed by atoms with Crippen molar-refractivity contribution in [3.8, 4) is 11.1 Å². The van der Waals surface area contributed by atoms with Crippen LogP contribution >= 0.6 is 11.6 Å². The number of amides is 2. The number of aryl methyl sites for hydroxylation is 1. The van der Waals surface area contributed by atoms with Gasteiger partial charge in [0.25, 0.3) is 5.91 Å². The summed E-state index contributed by atoms with van der Waals surface area (Å²) in [5.41, 5.74) is 11.7. The van der Waals surface area contributed by atoms with E-state index in [1.807, 2.05) is 66.8 Å². The van der Waals surface area contributed by atoms with Crippen molar-refractivity contribution >= 4 is 23.6 Å². The maximum atomic E-state index is 13.4. The summed E-state index contributed by atoms with van der Waals surface area (Å²) in [5.74, 6) is -0.315. The zero-order chi connectivity index (χ0) is 28.1. The van der Waals surface area contributed by atoms with Crippen LogP contribution in [0.5, 0.6) is 0 Å². The van der Waals surface area contributed by atoms with Crippen molar-refractivity contribution < 1.29 is 14.3 Å². The number of pyridine rings is 1. The van der Waals surface area contributed by atoms with Crippen LogP contribution in [0, 0.1) is 5.92 Å². The summed E-state index contributed by atoms with van der Waals surface area (Å²) in [4.78, 5) is 30.7. The summed E-state index contributed by atoms with van der Waals surface area (Å²) in [6.07, 6.45) is 10.5. The lowest BCUT2D eigenvalue weighted by Gasteiger charge is -2.26. The van der Waals surface area contributed by atoms with Gasteiger partial charge in [-0.3, -0.25) is 10.2 Å². The van der Waals surface area contributed by atoms with Crippen molar-refractivity contribution in [2.24, 2.45) is 5.92 Å². The topological polar surface area (TPSA) is 80.3 Å². The van der Waals surface area contributed by atoms with Gasteiger partial charge in [0.2, 0.25) is 0 Å². The number of hydrogen-bond acceptors (Lipinski definition) is 4. The van der Waals surface area contributed by atoms with Crippen molar-refractivity contribution in [1.29, 1.82) is 0 Å². The second-order valence-electron chi connectivity index (χ2n) is 10.3. The van der Waals surface area contributed by atoms with E-state index >= 15 is 0 Å². The van der Waals surface area contributed by atoms with Crippen LogP contribution in [0.15, 0.2) is 91.1 Å². The van der Waals surface area contributed by atoms with E-state index in [-0.39, 0.29) is 23.2 Å². The lowest BCUT2D eigenvalue weighted by Crippen LogP contribution is -2.42. The van der Waals surface area contributed by atoms with Crippen LogP contribution in [0.2, 0.25) is 5.15 Å². The van der Waals surface area contributed by atoms with Gasteiger partial charge in [-0.1, -0.05) is 104 Å². The minimum absolute atomic E-state index is 0.0657.